The van der Waals surface area contributed by atoms with Crippen LogP contribution in [0.1, 0.15) is 32.4 Å². The predicted molar refractivity (Wildman–Crippen MR) is 91.8 cm³/mol. The SMILES string of the molecule is O=C(O[C@H](C(=O)c1ccccc1)c1ccccc1)c1ccccc1. The predicted octanol–water partition coefficient (Wildman–Crippen LogP) is 4.47. The molecule has 118 valence electrons. The molecule has 0 aliphatic heterocycles. The van der Waals surface area contributed by atoms with Crippen LogP contribution in [0.4, 0.5) is 0 Å². The molecule has 0 fully saturated rings. The van der Waals surface area contributed by atoms with E-state index >= 15 is 0 Å². The second kappa shape index (κ2) is 7.38. The Hall–Kier alpha value is -3.20. The van der Waals surface area contributed by atoms with Crippen molar-refractivity contribution in [1.82, 2.24) is 0 Å². The number of ketones is 1. The van der Waals surface area contributed by atoms with Crippen LogP contribution >= 0.6 is 0 Å². The smallest absolute Gasteiger partial charge is 0.339 e. The first-order chi connectivity index (χ1) is 11.8. The highest BCUT2D eigenvalue weighted by molar-refractivity contribution is 6.02. The monoisotopic (exact) mass is 316 g/mol. The molecule has 3 rings (SSSR count). The van der Waals surface area contributed by atoms with E-state index in [1.54, 1.807) is 60.7 Å². The summed E-state index contributed by atoms with van der Waals surface area (Å²) in [5.74, 6) is -0.764. The lowest BCUT2D eigenvalue weighted by molar-refractivity contribution is 0.0280. The standard InChI is InChI=1S/C21H16O3/c22-19(16-10-4-1-5-11-16)20(17-12-6-2-7-13-17)24-21(23)18-14-8-3-9-15-18/h1-15,20H/t20-/m0/s1. The Balaban J connectivity index is 1.91. The Morgan fingerprint density at radius 2 is 1.08 bits per heavy atom. The van der Waals surface area contributed by atoms with E-state index in [1.165, 1.54) is 0 Å². The summed E-state index contributed by atoms with van der Waals surface area (Å²) in [6.45, 7) is 0. The van der Waals surface area contributed by atoms with E-state index < -0.39 is 12.1 Å². The third kappa shape index (κ3) is 3.58. The zero-order valence-electron chi connectivity index (χ0n) is 13.0. The Morgan fingerprint density at radius 1 is 0.625 bits per heavy atom. The minimum Gasteiger partial charge on any atom is -0.445 e. The van der Waals surface area contributed by atoms with Crippen LogP contribution in [0.25, 0.3) is 0 Å². The van der Waals surface area contributed by atoms with Crippen molar-refractivity contribution in [3.05, 3.63) is 108 Å². The number of Topliss-reactive ketones (excluding diaryl/α,β-unsaturated/α-hetero) is 1. The van der Waals surface area contributed by atoms with E-state index in [1.807, 2.05) is 30.3 Å². The molecule has 0 aromatic heterocycles. The van der Waals surface area contributed by atoms with Crippen LogP contribution in [0.2, 0.25) is 0 Å². The summed E-state index contributed by atoms with van der Waals surface area (Å²) in [5, 5.41) is 0. The largest absolute Gasteiger partial charge is 0.445 e. The summed E-state index contributed by atoms with van der Waals surface area (Å²) in [5.41, 5.74) is 1.57. The van der Waals surface area contributed by atoms with Crippen LogP contribution < -0.4 is 0 Å². The Morgan fingerprint density at radius 3 is 1.62 bits per heavy atom. The molecule has 0 N–H and O–H groups in total. The van der Waals surface area contributed by atoms with E-state index in [0.717, 1.165) is 0 Å². The number of hydrogen-bond donors (Lipinski definition) is 0. The topological polar surface area (TPSA) is 43.4 Å². The van der Waals surface area contributed by atoms with Gasteiger partial charge in [0.2, 0.25) is 5.78 Å². The van der Waals surface area contributed by atoms with Crippen molar-refractivity contribution in [1.29, 1.82) is 0 Å². The minimum absolute atomic E-state index is 0.244. The third-order valence-corrected chi connectivity index (χ3v) is 3.63. The average Bonchev–Trinajstić information content (AvgIpc) is 2.67. The molecule has 3 aromatic rings. The molecule has 3 nitrogen and oxygen atoms in total. The highest BCUT2D eigenvalue weighted by atomic mass is 16.5. The van der Waals surface area contributed by atoms with Crippen molar-refractivity contribution in [2.24, 2.45) is 0 Å². The van der Waals surface area contributed by atoms with Crippen LogP contribution in [-0.4, -0.2) is 11.8 Å². The number of carbonyl (C=O) groups excluding carboxylic acids is 2. The third-order valence-electron chi connectivity index (χ3n) is 3.63. The summed E-state index contributed by atoms with van der Waals surface area (Å²) >= 11 is 0. The van der Waals surface area contributed by atoms with Crippen molar-refractivity contribution in [3.8, 4) is 0 Å². The fourth-order valence-electron chi connectivity index (χ4n) is 2.40. The van der Waals surface area contributed by atoms with Gasteiger partial charge in [0.1, 0.15) is 0 Å². The van der Waals surface area contributed by atoms with Crippen LogP contribution in [-0.2, 0) is 4.74 Å². The quantitative estimate of drug-likeness (QED) is 0.515. The van der Waals surface area contributed by atoms with Crippen LogP contribution in [0.15, 0.2) is 91.0 Å². The fourth-order valence-corrected chi connectivity index (χ4v) is 2.40. The molecule has 0 unspecified atom stereocenters. The lowest BCUT2D eigenvalue weighted by Gasteiger charge is -2.17. The molecule has 24 heavy (non-hydrogen) atoms. The van der Waals surface area contributed by atoms with Crippen LogP contribution in [0.5, 0.6) is 0 Å². The maximum absolute atomic E-state index is 12.8. The van der Waals surface area contributed by atoms with Gasteiger partial charge in [0, 0.05) is 11.1 Å². The van der Waals surface area contributed by atoms with Crippen molar-refractivity contribution >= 4 is 11.8 Å². The van der Waals surface area contributed by atoms with Gasteiger partial charge >= 0.3 is 5.97 Å². The van der Waals surface area contributed by atoms with Gasteiger partial charge in [0.25, 0.3) is 0 Å². The van der Waals surface area contributed by atoms with Gasteiger partial charge in [-0.3, -0.25) is 4.79 Å². The molecule has 0 heterocycles. The van der Waals surface area contributed by atoms with Gasteiger partial charge in [0.05, 0.1) is 5.56 Å². The van der Waals surface area contributed by atoms with Gasteiger partial charge < -0.3 is 4.74 Å². The first kappa shape index (κ1) is 15.7. The molecule has 0 saturated heterocycles. The molecule has 0 amide bonds. The molecular weight excluding hydrogens is 300 g/mol. The number of benzene rings is 3. The molecule has 0 spiro atoms. The summed E-state index contributed by atoms with van der Waals surface area (Å²) in [6, 6.07) is 26.6. The zero-order valence-corrected chi connectivity index (χ0v) is 13.0. The molecule has 0 aliphatic rings. The van der Waals surface area contributed by atoms with Gasteiger partial charge in [-0.1, -0.05) is 78.9 Å². The fraction of sp³-hybridized carbons (Fsp3) is 0.0476. The Labute approximate surface area is 140 Å². The molecular formula is C21H16O3. The number of esters is 1. The second-order valence-electron chi connectivity index (χ2n) is 5.29. The average molecular weight is 316 g/mol. The molecule has 1 atom stereocenters. The lowest BCUT2D eigenvalue weighted by Crippen LogP contribution is -2.20. The molecule has 0 radical (unpaired) electrons. The van der Waals surface area contributed by atoms with Crippen molar-refractivity contribution in [2.45, 2.75) is 6.10 Å². The van der Waals surface area contributed by atoms with Gasteiger partial charge in [-0.25, -0.2) is 4.79 Å². The van der Waals surface area contributed by atoms with Gasteiger partial charge in [-0.15, -0.1) is 0 Å². The number of ether oxygens (including phenoxy) is 1. The molecule has 0 bridgehead atoms. The maximum atomic E-state index is 12.8. The van der Waals surface area contributed by atoms with E-state index in [-0.39, 0.29) is 5.78 Å². The van der Waals surface area contributed by atoms with Gasteiger partial charge in [0.15, 0.2) is 6.10 Å². The van der Waals surface area contributed by atoms with Crippen molar-refractivity contribution in [2.75, 3.05) is 0 Å². The molecule has 3 aromatic carbocycles. The lowest BCUT2D eigenvalue weighted by atomic mass is 10.00. The summed E-state index contributed by atoms with van der Waals surface area (Å²) in [4.78, 5) is 25.2. The summed E-state index contributed by atoms with van der Waals surface area (Å²) < 4.78 is 5.55. The normalized spacial score (nSPS) is 11.5. The molecule has 0 aliphatic carbocycles. The summed E-state index contributed by atoms with van der Waals surface area (Å²) in [7, 11) is 0. The first-order valence-corrected chi connectivity index (χ1v) is 7.66. The zero-order chi connectivity index (χ0) is 16.8. The van der Waals surface area contributed by atoms with Gasteiger partial charge in [-0.2, -0.15) is 0 Å². The second-order valence-corrected chi connectivity index (χ2v) is 5.29. The Kier molecular flexibility index (Phi) is 4.82. The van der Waals surface area contributed by atoms with Crippen LogP contribution in [0, 0.1) is 0 Å². The van der Waals surface area contributed by atoms with E-state index in [0.29, 0.717) is 16.7 Å². The highest BCUT2D eigenvalue weighted by Gasteiger charge is 2.26. The minimum atomic E-state index is -0.971. The maximum Gasteiger partial charge on any atom is 0.339 e. The highest BCUT2D eigenvalue weighted by Crippen LogP contribution is 2.24. The van der Waals surface area contributed by atoms with E-state index in [9.17, 15) is 9.59 Å². The molecule has 0 saturated carbocycles. The first-order valence-electron chi connectivity index (χ1n) is 7.66. The number of hydrogen-bond acceptors (Lipinski definition) is 3. The Bertz CT molecular complexity index is 811. The molecule has 3 heteroatoms. The summed E-state index contributed by atoms with van der Waals surface area (Å²) in [6.07, 6.45) is -0.971. The van der Waals surface area contributed by atoms with Crippen molar-refractivity contribution < 1.29 is 14.3 Å². The van der Waals surface area contributed by atoms with E-state index in [2.05, 4.69) is 0 Å². The number of carbonyl (C=O) groups is 2. The van der Waals surface area contributed by atoms with E-state index in [4.69, 9.17) is 4.74 Å². The van der Waals surface area contributed by atoms with Crippen LogP contribution in [0.3, 0.4) is 0 Å². The van der Waals surface area contributed by atoms with Gasteiger partial charge in [-0.05, 0) is 12.1 Å². The van der Waals surface area contributed by atoms with Crippen molar-refractivity contribution in [3.63, 3.8) is 0 Å². The number of rotatable bonds is 5.